The zero-order valence-electron chi connectivity index (χ0n) is 12.6. The van der Waals surface area contributed by atoms with Crippen molar-refractivity contribution in [3.8, 4) is 5.75 Å². The van der Waals surface area contributed by atoms with Crippen molar-refractivity contribution in [2.24, 2.45) is 0 Å². The van der Waals surface area contributed by atoms with Crippen LogP contribution in [-0.4, -0.2) is 29.7 Å². The lowest BCUT2D eigenvalue weighted by molar-refractivity contribution is -0.0498. The highest BCUT2D eigenvalue weighted by Crippen LogP contribution is 2.33. The number of furan rings is 1. The number of likely N-dealkylation sites (tertiary alicyclic amines) is 1. The van der Waals surface area contributed by atoms with Gasteiger partial charge in [0.1, 0.15) is 11.5 Å². The van der Waals surface area contributed by atoms with E-state index in [1.54, 1.807) is 18.4 Å². The maximum atomic E-state index is 12.1. The van der Waals surface area contributed by atoms with Crippen LogP contribution in [0.2, 0.25) is 0 Å². The molecule has 1 aliphatic heterocycles. The molecular formula is C17H19F2NO3. The number of ether oxygens (including phenoxy) is 1. The summed E-state index contributed by atoms with van der Waals surface area (Å²) in [5.41, 5.74) is 0.678. The van der Waals surface area contributed by atoms with Gasteiger partial charge in [0.05, 0.1) is 18.4 Å². The minimum absolute atomic E-state index is 0.0885. The topological polar surface area (TPSA) is 45.8 Å². The molecule has 2 heterocycles. The van der Waals surface area contributed by atoms with E-state index < -0.39 is 12.7 Å². The SMILES string of the molecule is OC(CN1CCCC1c1ccco1)c1ccc(OC(F)F)cc1. The molecule has 23 heavy (non-hydrogen) atoms. The number of halogens is 2. The number of nitrogens with zero attached hydrogens (tertiary/aromatic N) is 1. The van der Waals surface area contributed by atoms with Gasteiger partial charge in [-0.25, -0.2) is 0 Å². The number of alkyl halides is 2. The Bertz CT molecular complexity index is 601. The normalized spacial score (nSPS) is 20.1. The third kappa shape index (κ3) is 3.89. The first-order valence-corrected chi connectivity index (χ1v) is 7.64. The first kappa shape index (κ1) is 16.0. The fourth-order valence-electron chi connectivity index (χ4n) is 3.05. The highest BCUT2D eigenvalue weighted by atomic mass is 19.3. The van der Waals surface area contributed by atoms with Crippen LogP contribution in [0.3, 0.4) is 0 Å². The summed E-state index contributed by atoms with van der Waals surface area (Å²) in [6, 6.07) is 10.1. The third-order valence-corrected chi connectivity index (χ3v) is 4.13. The van der Waals surface area contributed by atoms with Crippen molar-refractivity contribution < 1.29 is 23.0 Å². The molecular weight excluding hydrogens is 304 g/mol. The van der Waals surface area contributed by atoms with Crippen LogP contribution in [0.1, 0.15) is 36.3 Å². The molecule has 0 aliphatic carbocycles. The number of aliphatic hydroxyl groups is 1. The summed E-state index contributed by atoms with van der Waals surface area (Å²) in [6.07, 6.45) is 3.02. The Morgan fingerprint density at radius 1 is 1.26 bits per heavy atom. The zero-order chi connectivity index (χ0) is 16.2. The van der Waals surface area contributed by atoms with E-state index in [1.165, 1.54) is 12.1 Å². The van der Waals surface area contributed by atoms with Crippen molar-refractivity contribution in [2.75, 3.05) is 13.1 Å². The first-order valence-electron chi connectivity index (χ1n) is 7.64. The van der Waals surface area contributed by atoms with Gasteiger partial charge in [0.15, 0.2) is 0 Å². The molecule has 1 aromatic heterocycles. The summed E-state index contributed by atoms with van der Waals surface area (Å²) in [4.78, 5) is 2.19. The van der Waals surface area contributed by atoms with Crippen molar-refractivity contribution in [1.82, 2.24) is 4.90 Å². The summed E-state index contributed by atoms with van der Waals surface area (Å²) in [6.45, 7) is -1.47. The fourth-order valence-corrected chi connectivity index (χ4v) is 3.05. The van der Waals surface area contributed by atoms with Crippen LogP contribution in [0.4, 0.5) is 8.78 Å². The largest absolute Gasteiger partial charge is 0.468 e. The van der Waals surface area contributed by atoms with Gasteiger partial charge in [0, 0.05) is 6.54 Å². The van der Waals surface area contributed by atoms with E-state index in [-0.39, 0.29) is 11.8 Å². The lowest BCUT2D eigenvalue weighted by Crippen LogP contribution is -2.28. The average Bonchev–Trinajstić information content (AvgIpc) is 3.18. The number of hydrogen-bond donors (Lipinski definition) is 1. The second kappa shape index (κ2) is 7.10. The van der Waals surface area contributed by atoms with Gasteiger partial charge in [-0.1, -0.05) is 12.1 Å². The van der Waals surface area contributed by atoms with Crippen molar-refractivity contribution in [1.29, 1.82) is 0 Å². The molecule has 0 amide bonds. The summed E-state index contributed by atoms with van der Waals surface area (Å²) in [5.74, 6) is 1.00. The average molecular weight is 323 g/mol. The van der Waals surface area contributed by atoms with E-state index in [4.69, 9.17) is 4.42 Å². The maximum absolute atomic E-state index is 12.1. The van der Waals surface area contributed by atoms with Gasteiger partial charge < -0.3 is 14.3 Å². The molecule has 3 rings (SSSR count). The number of aliphatic hydroxyl groups excluding tert-OH is 1. The van der Waals surface area contributed by atoms with E-state index >= 15 is 0 Å². The summed E-state index contributed by atoms with van der Waals surface area (Å²) < 4.78 is 34.1. The number of rotatable bonds is 6. The lowest BCUT2D eigenvalue weighted by Gasteiger charge is -2.25. The van der Waals surface area contributed by atoms with Crippen LogP contribution in [0.5, 0.6) is 5.75 Å². The second-order valence-electron chi connectivity index (χ2n) is 5.63. The molecule has 124 valence electrons. The van der Waals surface area contributed by atoms with Crippen LogP contribution in [-0.2, 0) is 0 Å². The monoisotopic (exact) mass is 323 g/mol. The van der Waals surface area contributed by atoms with Crippen LogP contribution in [0.25, 0.3) is 0 Å². The van der Waals surface area contributed by atoms with Gasteiger partial charge in [-0.3, -0.25) is 4.90 Å². The number of benzene rings is 1. The van der Waals surface area contributed by atoms with Crippen molar-refractivity contribution in [2.45, 2.75) is 31.6 Å². The van der Waals surface area contributed by atoms with Crippen LogP contribution in [0, 0.1) is 0 Å². The smallest absolute Gasteiger partial charge is 0.387 e. The zero-order valence-corrected chi connectivity index (χ0v) is 12.6. The van der Waals surface area contributed by atoms with E-state index in [1.807, 2.05) is 12.1 Å². The van der Waals surface area contributed by atoms with Crippen LogP contribution in [0.15, 0.2) is 47.1 Å². The highest BCUT2D eigenvalue weighted by molar-refractivity contribution is 5.28. The molecule has 1 aromatic carbocycles. The van der Waals surface area contributed by atoms with Crippen molar-refractivity contribution in [3.63, 3.8) is 0 Å². The first-order chi connectivity index (χ1) is 11.1. The summed E-state index contributed by atoms with van der Waals surface area (Å²) in [5, 5.41) is 10.4. The molecule has 6 heteroatoms. The standard InChI is InChI=1S/C17H19F2NO3/c18-17(19)23-13-7-5-12(6-8-13)15(21)11-20-9-1-3-14(20)16-4-2-10-22-16/h2,4-8,10,14-15,17,21H,1,3,9,11H2. The Morgan fingerprint density at radius 3 is 2.70 bits per heavy atom. The fraction of sp³-hybridized carbons (Fsp3) is 0.412. The van der Waals surface area contributed by atoms with Crippen molar-refractivity contribution in [3.05, 3.63) is 54.0 Å². The molecule has 0 radical (unpaired) electrons. The molecule has 2 aromatic rings. The minimum atomic E-state index is -2.84. The molecule has 0 bridgehead atoms. The summed E-state index contributed by atoms with van der Waals surface area (Å²) in [7, 11) is 0. The Labute approximate surface area is 133 Å². The van der Waals surface area contributed by atoms with Gasteiger partial charge in [-0.15, -0.1) is 0 Å². The van der Waals surface area contributed by atoms with E-state index in [0.717, 1.165) is 25.1 Å². The Kier molecular flexibility index (Phi) is 4.93. The Hall–Kier alpha value is -1.92. The molecule has 0 spiro atoms. The van der Waals surface area contributed by atoms with E-state index in [0.29, 0.717) is 12.1 Å². The van der Waals surface area contributed by atoms with Crippen LogP contribution < -0.4 is 4.74 Å². The molecule has 2 unspecified atom stereocenters. The highest BCUT2D eigenvalue weighted by Gasteiger charge is 2.29. The lowest BCUT2D eigenvalue weighted by atomic mass is 10.1. The van der Waals surface area contributed by atoms with Gasteiger partial charge in [0.2, 0.25) is 0 Å². The molecule has 1 aliphatic rings. The second-order valence-corrected chi connectivity index (χ2v) is 5.63. The molecule has 2 atom stereocenters. The molecule has 0 saturated carbocycles. The van der Waals surface area contributed by atoms with Crippen molar-refractivity contribution >= 4 is 0 Å². The van der Waals surface area contributed by atoms with Gasteiger partial charge in [-0.05, 0) is 49.2 Å². The van der Waals surface area contributed by atoms with Gasteiger partial charge in [-0.2, -0.15) is 8.78 Å². The number of hydrogen-bond acceptors (Lipinski definition) is 4. The molecule has 4 nitrogen and oxygen atoms in total. The van der Waals surface area contributed by atoms with Gasteiger partial charge in [0.25, 0.3) is 0 Å². The number of β-amino-alcohol motifs (C(OH)–C–C–N with tert-alkyl or cyclic N) is 1. The quantitative estimate of drug-likeness (QED) is 0.879. The Morgan fingerprint density at radius 2 is 2.04 bits per heavy atom. The third-order valence-electron chi connectivity index (χ3n) is 4.13. The van der Waals surface area contributed by atoms with Crippen LogP contribution >= 0.6 is 0 Å². The summed E-state index contributed by atoms with van der Waals surface area (Å²) >= 11 is 0. The van der Waals surface area contributed by atoms with Gasteiger partial charge >= 0.3 is 6.61 Å². The predicted molar refractivity (Wildman–Crippen MR) is 80.3 cm³/mol. The minimum Gasteiger partial charge on any atom is -0.468 e. The van der Waals surface area contributed by atoms with E-state index in [9.17, 15) is 13.9 Å². The molecule has 1 N–H and O–H groups in total. The van der Waals surface area contributed by atoms with E-state index in [2.05, 4.69) is 9.64 Å². The molecule has 1 saturated heterocycles. The Balaban J connectivity index is 1.63. The predicted octanol–water partition coefficient (Wildman–Crippen LogP) is 3.75. The molecule has 1 fully saturated rings. The maximum Gasteiger partial charge on any atom is 0.387 e.